The quantitative estimate of drug-likeness (QED) is 0.149. The Kier molecular flexibility index (Phi) is 44.0. The molecule has 4 nitrogen and oxygen atoms in total. The number of halogens is 6. The zero-order chi connectivity index (χ0) is 103. The predicted molar refractivity (Wildman–Crippen MR) is 570 cm³/mol. The van der Waals surface area contributed by atoms with Crippen LogP contribution in [-0.4, -0.2) is 7.11 Å². The lowest BCUT2D eigenvalue weighted by molar-refractivity contribution is 0.397. The Morgan fingerprint density at radius 1 is 0.176 bits per heavy atom. The van der Waals surface area contributed by atoms with Crippen molar-refractivity contribution in [2.24, 2.45) is 0 Å². The summed E-state index contributed by atoms with van der Waals surface area (Å²) in [5.74, 6) is 4.64. The van der Waals surface area contributed by atoms with E-state index < -0.39 is 0 Å². The van der Waals surface area contributed by atoms with E-state index in [2.05, 4.69) is 303 Å². The summed E-state index contributed by atoms with van der Waals surface area (Å²) in [4.78, 5) is 0. The van der Waals surface area contributed by atoms with E-state index in [0.29, 0.717) is 22.6 Å². The number of rotatable bonds is 7. The lowest BCUT2D eigenvalue weighted by Gasteiger charge is -2.22. The number of ether oxygens (including phenoxy) is 4. The third-order valence-corrected chi connectivity index (χ3v) is 22.1. The standard InChI is InChI=1S/C17H19FO.C17H20O.C16H17FO.C12H18O.2C11H15F.2C11H16.2C10H13F/c1-12-11-15(9-10-16(12)18)19-14-7-5-13(6-8-14)17(2,3)4;1-13-6-5-7-16(12-13)18-15-10-8-14(9-11-15)17(2,3)4;1-16(2,3)12-4-8-14(9-5-12)18-15-10-6-13(17)7-11-15;1-9-6-7-10(12(2,3)4)11(8-9)13-5;1-8-5-6-9(7-10(8)12)11(2,3)4;1-8-5-6-9(10(12)7-8)11(2,3)4;2*1-9-5-7-10(8-6-9)11(2,3)4;1-10(2,3)8-5-4-6-9(11)7-8;1-10(2,3)8-6-4-5-7-9(8)11/h5-11H,1-4H3;5-12H,1-4H3;4-11H,1-3H3;6-8H,1-5H3;2*5-7H,1-4H3;2*5-8H,1-4H3;2*4-7H,1-3H3. The summed E-state index contributed by atoms with van der Waals surface area (Å²) in [6.45, 7) is 77.9. The molecule has 0 radical (unpaired) electrons. The lowest BCUT2D eigenvalue weighted by atomic mass is 9.86. The number of methoxy groups -OCH3 is 1. The van der Waals surface area contributed by atoms with Crippen LogP contribution in [0.5, 0.6) is 40.2 Å². The molecule has 0 amide bonds. The van der Waals surface area contributed by atoms with Crippen molar-refractivity contribution in [1.29, 1.82) is 0 Å². The Bertz CT molecular complexity index is 5680. The van der Waals surface area contributed by atoms with Crippen molar-refractivity contribution in [2.75, 3.05) is 7.11 Å². The normalized spacial score (nSPS) is 11.5. The highest BCUT2D eigenvalue weighted by atomic mass is 19.1. The first-order valence-corrected chi connectivity index (χ1v) is 47.3. The van der Waals surface area contributed by atoms with E-state index in [0.717, 1.165) is 56.6 Å². The summed E-state index contributed by atoms with van der Waals surface area (Å²) >= 11 is 0. The average Bonchev–Trinajstić information content (AvgIpc) is 0.818. The Morgan fingerprint density at radius 3 is 0.816 bits per heavy atom. The van der Waals surface area contributed by atoms with Crippen molar-refractivity contribution < 1.29 is 45.3 Å². The molecule has 13 rings (SSSR count). The van der Waals surface area contributed by atoms with E-state index in [1.807, 2.05) is 146 Å². The molecule has 0 atom stereocenters. The molecule has 136 heavy (non-hydrogen) atoms. The van der Waals surface area contributed by atoms with E-state index in [9.17, 15) is 26.3 Å². The van der Waals surface area contributed by atoms with E-state index >= 15 is 0 Å². The van der Waals surface area contributed by atoms with Gasteiger partial charge in [0.2, 0.25) is 0 Å². The van der Waals surface area contributed by atoms with Gasteiger partial charge < -0.3 is 18.9 Å². The molecule has 0 spiro atoms. The Hall–Kier alpha value is -11.4. The van der Waals surface area contributed by atoms with Crippen molar-refractivity contribution in [2.45, 2.75) is 310 Å². The van der Waals surface area contributed by atoms with Crippen molar-refractivity contribution >= 4 is 0 Å². The van der Waals surface area contributed by atoms with Crippen LogP contribution in [0.1, 0.15) is 302 Å². The smallest absolute Gasteiger partial charge is 0.127 e. The van der Waals surface area contributed by atoms with Crippen LogP contribution in [-0.2, 0) is 54.1 Å². The van der Waals surface area contributed by atoms with Gasteiger partial charge in [-0.1, -0.05) is 383 Å². The van der Waals surface area contributed by atoms with Gasteiger partial charge in [0.1, 0.15) is 75.1 Å². The maximum absolute atomic E-state index is 13.3. The van der Waals surface area contributed by atoms with Crippen LogP contribution >= 0.6 is 0 Å². The summed E-state index contributed by atoms with van der Waals surface area (Å²) in [6.07, 6.45) is 0. The maximum atomic E-state index is 13.3. The second kappa shape index (κ2) is 51.2. The summed E-state index contributed by atoms with van der Waals surface area (Å²) in [5.41, 5.74) is 20.0. The van der Waals surface area contributed by atoms with Crippen LogP contribution in [0.25, 0.3) is 0 Å². The fourth-order valence-electron chi connectivity index (χ4n) is 13.2. The molecule has 0 fully saturated rings. The SMILES string of the molecule is CC(C)(C)c1ccc(Oc2ccc(F)cc2)cc1.CC(C)(C)c1cccc(F)c1.CC(C)(C)c1ccccc1F.COc1cc(C)ccc1C(C)(C)C.Cc1cc(Oc2ccc(C(C)(C)C)cc2)ccc1F.Cc1ccc(C(C)(C)C)c(F)c1.Cc1ccc(C(C)(C)C)cc1.Cc1ccc(C(C)(C)C)cc1.Cc1ccc(C(C)(C)C)cc1F.Cc1cccc(Oc2ccc(C(C)(C)C)cc2)c1. The molecule has 732 valence electrons. The predicted octanol–water partition coefficient (Wildman–Crippen LogP) is 38.2. The highest BCUT2D eigenvalue weighted by molar-refractivity contribution is 5.44. The highest BCUT2D eigenvalue weighted by Crippen LogP contribution is 2.36. The Morgan fingerprint density at radius 2 is 0.485 bits per heavy atom. The first-order chi connectivity index (χ1) is 62.5. The summed E-state index contributed by atoms with van der Waals surface area (Å²) < 4.78 is 101. The first kappa shape index (κ1) is 117. The Labute approximate surface area is 818 Å². The van der Waals surface area contributed by atoms with E-state index in [-0.39, 0.29) is 89.1 Å². The average molecular weight is 1850 g/mol. The van der Waals surface area contributed by atoms with Crippen LogP contribution < -0.4 is 18.9 Å². The third-order valence-electron chi connectivity index (χ3n) is 22.1. The fraction of sp³-hybridized carbons (Fsp3) is 0.381. The molecule has 0 aliphatic heterocycles. The van der Waals surface area contributed by atoms with Crippen molar-refractivity contribution in [3.8, 4) is 40.2 Å². The Balaban J connectivity index is 0.000000318. The molecule has 0 bridgehead atoms. The highest BCUT2D eigenvalue weighted by Gasteiger charge is 2.23. The van der Waals surface area contributed by atoms with Gasteiger partial charge in [0.25, 0.3) is 0 Å². The topological polar surface area (TPSA) is 36.9 Å². The molecule has 0 saturated heterocycles. The van der Waals surface area contributed by atoms with Crippen molar-refractivity contribution in [1.82, 2.24) is 0 Å². The lowest BCUT2D eigenvalue weighted by Crippen LogP contribution is -2.13. The largest absolute Gasteiger partial charge is 0.496 e. The second-order valence-electron chi connectivity index (χ2n) is 45.4. The molecule has 0 saturated carbocycles. The molecular formula is C126H162F6O4. The van der Waals surface area contributed by atoms with Crippen LogP contribution in [0.15, 0.2) is 291 Å². The molecular weight excluding hydrogens is 1690 g/mol. The van der Waals surface area contributed by atoms with Crippen LogP contribution in [0, 0.1) is 83.4 Å². The van der Waals surface area contributed by atoms with Gasteiger partial charge in [0, 0.05) is 0 Å². The van der Waals surface area contributed by atoms with Gasteiger partial charge >= 0.3 is 0 Å². The molecule has 13 aromatic rings. The molecule has 13 aromatic carbocycles. The molecule has 0 aliphatic rings. The molecule has 0 aliphatic carbocycles. The van der Waals surface area contributed by atoms with Gasteiger partial charge in [-0.15, -0.1) is 0 Å². The number of aryl methyl sites for hydroxylation is 7. The minimum absolute atomic E-state index is 0.0362. The monoisotopic (exact) mass is 1850 g/mol. The zero-order valence-corrected chi connectivity index (χ0v) is 89.6. The van der Waals surface area contributed by atoms with Crippen molar-refractivity contribution in [3.63, 3.8) is 0 Å². The summed E-state index contributed by atoms with van der Waals surface area (Å²) in [7, 11) is 1.73. The van der Waals surface area contributed by atoms with Crippen LogP contribution in [0.3, 0.4) is 0 Å². The molecule has 0 heterocycles. The van der Waals surface area contributed by atoms with E-state index in [1.54, 1.807) is 75.6 Å². The third kappa shape index (κ3) is 42.9. The number of benzene rings is 13. The van der Waals surface area contributed by atoms with Gasteiger partial charge in [-0.25, -0.2) is 26.3 Å². The van der Waals surface area contributed by atoms with Crippen molar-refractivity contribution in [3.05, 3.63) is 421 Å². The number of hydrogen-bond donors (Lipinski definition) is 0. The minimum atomic E-state index is -0.259. The van der Waals surface area contributed by atoms with E-state index in [1.165, 1.54) is 86.0 Å². The molecule has 0 unspecified atom stereocenters. The molecule has 10 heteroatoms. The van der Waals surface area contributed by atoms with Gasteiger partial charge in [-0.2, -0.15) is 0 Å². The minimum Gasteiger partial charge on any atom is -0.496 e. The molecule has 0 N–H and O–H groups in total. The van der Waals surface area contributed by atoms with Gasteiger partial charge in [-0.05, 0) is 313 Å². The van der Waals surface area contributed by atoms with E-state index in [4.69, 9.17) is 18.9 Å². The van der Waals surface area contributed by atoms with Crippen LogP contribution in [0.4, 0.5) is 26.3 Å². The van der Waals surface area contributed by atoms with Gasteiger partial charge in [0.05, 0.1) is 7.11 Å². The van der Waals surface area contributed by atoms with Crippen LogP contribution in [0.2, 0.25) is 0 Å². The summed E-state index contributed by atoms with van der Waals surface area (Å²) in [5, 5.41) is 0. The summed E-state index contributed by atoms with van der Waals surface area (Å²) in [6, 6.07) is 91.5. The second-order valence-corrected chi connectivity index (χ2v) is 45.4. The van der Waals surface area contributed by atoms with Gasteiger partial charge in [0.15, 0.2) is 0 Å². The van der Waals surface area contributed by atoms with Gasteiger partial charge in [-0.3, -0.25) is 0 Å². The zero-order valence-electron chi connectivity index (χ0n) is 89.6. The molecule has 0 aromatic heterocycles. The fourth-order valence-corrected chi connectivity index (χ4v) is 13.2. The maximum Gasteiger partial charge on any atom is 0.127 e. The number of hydrogen-bond acceptors (Lipinski definition) is 4. The first-order valence-electron chi connectivity index (χ1n) is 47.3.